The first-order chi connectivity index (χ1) is 9.67. The molecule has 1 aromatic rings. The number of hydrogen-bond donors (Lipinski definition) is 2. The van der Waals surface area contributed by atoms with E-state index in [1.165, 1.54) is 0 Å². The summed E-state index contributed by atoms with van der Waals surface area (Å²) in [6.07, 6.45) is 1.66. The Bertz CT molecular complexity index is 506. The summed E-state index contributed by atoms with van der Waals surface area (Å²) in [6, 6.07) is 7.22. The lowest BCUT2D eigenvalue weighted by atomic mass is 10.00. The number of hydrogen-bond acceptors (Lipinski definition) is 3. The molecule has 0 spiro atoms. The summed E-state index contributed by atoms with van der Waals surface area (Å²) in [5.74, 6) is 1.43. The van der Waals surface area contributed by atoms with Crippen LogP contribution >= 0.6 is 0 Å². The third-order valence-electron chi connectivity index (χ3n) is 4.43. The fourth-order valence-electron chi connectivity index (χ4n) is 3.31. The Morgan fingerprint density at radius 2 is 2.25 bits per heavy atom. The molecule has 5 nitrogen and oxygen atoms in total. The monoisotopic (exact) mass is 276 g/mol. The van der Waals surface area contributed by atoms with Crippen molar-refractivity contribution >= 4 is 11.7 Å². The molecule has 5 heteroatoms. The van der Waals surface area contributed by atoms with Crippen LogP contribution in [0, 0.1) is 11.8 Å². The van der Waals surface area contributed by atoms with Crippen LogP contribution < -0.4 is 10.1 Å². The summed E-state index contributed by atoms with van der Waals surface area (Å²) < 4.78 is 5.14. The number of anilines is 1. The molecule has 3 unspecified atom stereocenters. The molecule has 0 radical (unpaired) electrons. The van der Waals surface area contributed by atoms with E-state index in [-0.39, 0.29) is 18.1 Å². The van der Waals surface area contributed by atoms with Gasteiger partial charge in [-0.15, -0.1) is 0 Å². The van der Waals surface area contributed by atoms with Gasteiger partial charge >= 0.3 is 6.03 Å². The van der Waals surface area contributed by atoms with Crippen LogP contribution in [0.1, 0.15) is 12.8 Å². The average molecular weight is 276 g/mol. The van der Waals surface area contributed by atoms with Crippen LogP contribution in [0.2, 0.25) is 0 Å². The van der Waals surface area contributed by atoms with Gasteiger partial charge in [0.25, 0.3) is 0 Å². The van der Waals surface area contributed by atoms with Crippen LogP contribution in [-0.2, 0) is 0 Å². The second-order valence-corrected chi connectivity index (χ2v) is 5.64. The second-order valence-electron chi connectivity index (χ2n) is 5.64. The summed E-state index contributed by atoms with van der Waals surface area (Å²) in [6.45, 7) is 1.40. The largest absolute Gasteiger partial charge is 0.497 e. The maximum atomic E-state index is 12.2. The Kier molecular flexibility index (Phi) is 3.53. The van der Waals surface area contributed by atoms with Crippen LogP contribution in [0.25, 0.3) is 0 Å². The highest BCUT2D eigenvalue weighted by Crippen LogP contribution is 2.38. The van der Waals surface area contributed by atoms with Crippen molar-refractivity contribution in [1.82, 2.24) is 4.90 Å². The Labute approximate surface area is 118 Å². The zero-order valence-electron chi connectivity index (χ0n) is 11.6. The average Bonchev–Trinajstić information content (AvgIpc) is 3.02. The fraction of sp³-hybridized carbons (Fsp3) is 0.533. The van der Waals surface area contributed by atoms with Crippen molar-refractivity contribution < 1.29 is 14.6 Å². The van der Waals surface area contributed by atoms with E-state index in [9.17, 15) is 9.90 Å². The molecule has 108 valence electrons. The van der Waals surface area contributed by atoms with E-state index >= 15 is 0 Å². The van der Waals surface area contributed by atoms with Crippen molar-refractivity contribution in [1.29, 1.82) is 0 Å². The lowest BCUT2D eigenvalue weighted by Gasteiger charge is -2.19. The molecule has 1 aliphatic heterocycles. The number of fused-ring (bicyclic) bond motifs is 1. The number of aliphatic hydroxyl groups excluding tert-OH is 1. The number of aliphatic hydroxyl groups is 1. The molecule has 2 aliphatic rings. The van der Waals surface area contributed by atoms with Crippen LogP contribution in [0.5, 0.6) is 5.75 Å². The first-order valence-corrected chi connectivity index (χ1v) is 7.05. The van der Waals surface area contributed by atoms with Gasteiger partial charge in [0.15, 0.2) is 0 Å². The van der Waals surface area contributed by atoms with E-state index in [4.69, 9.17) is 4.74 Å². The number of carbonyl (C=O) groups excluding carboxylic acids is 1. The summed E-state index contributed by atoms with van der Waals surface area (Å²) in [5, 5.41) is 12.8. The molecule has 1 heterocycles. The van der Waals surface area contributed by atoms with Gasteiger partial charge in [0.2, 0.25) is 0 Å². The van der Waals surface area contributed by atoms with Gasteiger partial charge in [0, 0.05) is 30.8 Å². The zero-order chi connectivity index (χ0) is 14.1. The van der Waals surface area contributed by atoms with Crippen LogP contribution in [-0.4, -0.2) is 42.3 Å². The molecule has 20 heavy (non-hydrogen) atoms. The Hall–Kier alpha value is -1.75. The van der Waals surface area contributed by atoms with Gasteiger partial charge in [-0.05, 0) is 30.9 Å². The van der Waals surface area contributed by atoms with E-state index in [0.717, 1.165) is 30.8 Å². The van der Waals surface area contributed by atoms with E-state index < -0.39 is 0 Å². The third-order valence-corrected chi connectivity index (χ3v) is 4.43. The molecule has 3 atom stereocenters. The summed E-state index contributed by atoms with van der Waals surface area (Å²) in [4.78, 5) is 14.0. The van der Waals surface area contributed by atoms with Gasteiger partial charge in [0.1, 0.15) is 5.75 Å². The predicted molar refractivity (Wildman–Crippen MR) is 75.8 cm³/mol. The van der Waals surface area contributed by atoms with E-state index in [0.29, 0.717) is 12.5 Å². The molecule has 0 aromatic heterocycles. The van der Waals surface area contributed by atoms with Gasteiger partial charge in [-0.25, -0.2) is 4.79 Å². The summed E-state index contributed by atoms with van der Waals surface area (Å²) in [7, 11) is 1.60. The number of urea groups is 1. The van der Waals surface area contributed by atoms with Gasteiger partial charge < -0.3 is 20.1 Å². The molecule has 3 rings (SSSR count). The smallest absolute Gasteiger partial charge is 0.321 e. The molecular formula is C15H20N2O3. The molecule has 1 saturated carbocycles. The first kappa shape index (κ1) is 13.2. The number of carbonyl (C=O) groups is 1. The van der Waals surface area contributed by atoms with Crippen molar-refractivity contribution in [3.8, 4) is 5.75 Å². The third kappa shape index (κ3) is 2.45. The van der Waals surface area contributed by atoms with E-state index in [1.54, 1.807) is 18.1 Å². The van der Waals surface area contributed by atoms with Crippen molar-refractivity contribution in [2.24, 2.45) is 11.8 Å². The number of benzene rings is 1. The van der Waals surface area contributed by atoms with Crippen molar-refractivity contribution in [3.05, 3.63) is 24.3 Å². The minimum absolute atomic E-state index is 0.0974. The van der Waals surface area contributed by atoms with Gasteiger partial charge in [-0.1, -0.05) is 6.07 Å². The maximum absolute atomic E-state index is 12.2. The standard InChI is InChI=1S/C15H20N2O3/c1-20-12-4-2-3-11(7-12)16-15(19)17-8-10-5-6-14(18)13(10)9-17/h2-4,7,10,13-14,18H,5-6,8-9H2,1H3,(H,16,19). The summed E-state index contributed by atoms with van der Waals surface area (Å²) >= 11 is 0. The normalized spacial score (nSPS) is 28.3. The molecule has 0 bridgehead atoms. The first-order valence-electron chi connectivity index (χ1n) is 7.05. The summed E-state index contributed by atoms with van der Waals surface area (Å²) in [5.41, 5.74) is 0.729. The Morgan fingerprint density at radius 1 is 1.40 bits per heavy atom. The minimum Gasteiger partial charge on any atom is -0.497 e. The number of nitrogens with one attached hydrogen (secondary N) is 1. The van der Waals surface area contributed by atoms with Gasteiger partial charge in [-0.2, -0.15) is 0 Å². The van der Waals surface area contributed by atoms with Crippen LogP contribution in [0.4, 0.5) is 10.5 Å². The minimum atomic E-state index is -0.241. The Morgan fingerprint density at radius 3 is 3.00 bits per heavy atom. The number of rotatable bonds is 2. The quantitative estimate of drug-likeness (QED) is 0.867. The molecule has 1 aliphatic carbocycles. The van der Waals surface area contributed by atoms with Crippen molar-refractivity contribution in [3.63, 3.8) is 0 Å². The Balaban J connectivity index is 1.62. The SMILES string of the molecule is COc1cccc(NC(=O)N2CC3CCC(O)C3C2)c1. The molecule has 1 saturated heterocycles. The highest BCUT2D eigenvalue weighted by molar-refractivity contribution is 5.89. The van der Waals surface area contributed by atoms with Crippen LogP contribution in [0.15, 0.2) is 24.3 Å². The van der Waals surface area contributed by atoms with Gasteiger partial charge in [-0.3, -0.25) is 0 Å². The fourth-order valence-corrected chi connectivity index (χ4v) is 3.31. The number of methoxy groups -OCH3 is 1. The number of ether oxygens (including phenoxy) is 1. The number of likely N-dealkylation sites (tertiary alicyclic amines) is 1. The topological polar surface area (TPSA) is 61.8 Å². The van der Waals surface area contributed by atoms with E-state index in [2.05, 4.69) is 5.32 Å². The van der Waals surface area contributed by atoms with Gasteiger partial charge in [0.05, 0.1) is 13.2 Å². The van der Waals surface area contributed by atoms with Crippen molar-refractivity contribution in [2.45, 2.75) is 18.9 Å². The number of nitrogens with zero attached hydrogens (tertiary/aromatic N) is 1. The number of amides is 2. The highest BCUT2D eigenvalue weighted by atomic mass is 16.5. The maximum Gasteiger partial charge on any atom is 0.321 e. The zero-order valence-corrected chi connectivity index (χ0v) is 11.6. The molecule has 2 N–H and O–H groups in total. The lowest BCUT2D eigenvalue weighted by Crippen LogP contribution is -2.34. The van der Waals surface area contributed by atoms with Crippen molar-refractivity contribution in [2.75, 3.05) is 25.5 Å². The second kappa shape index (κ2) is 5.32. The molecule has 1 aromatic carbocycles. The highest BCUT2D eigenvalue weighted by Gasteiger charge is 2.43. The van der Waals surface area contributed by atoms with Crippen LogP contribution in [0.3, 0.4) is 0 Å². The molecule has 2 amide bonds. The lowest BCUT2D eigenvalue weighted by molar-refractivity contribution is 0.127. The van der Waals surface area contributed by atoms with E-state index in [1.807, 2.05) is 18.2 Å². The molecular weight excluding hydrogens is 256 g/mol. The molecule has 2 fully saturated rings. The predicted octanol–water partition coefficient (Wildman–Crippen LogP) is 1.93.